The molecule has 3 heterocycles. The van der Waals surface area contributed by atoms with Gasteiger partial charge in [0.1, 0.15) is 0 Å². The molecule has 3 aromatic heterocycles. The first-order valence-corrected chi connectivity index (χ1v) is 7.03. The fraction of sp³-hybridized carbons (Fsp3) is 0.0625. The van der Waals surface area contributed by atoms with Crippen molar-refractivity contribution >= 4 is 22.7 Å². The molecule has 4 rings (SSSR count). The van der Waals surface area contributed by atoms with Gasteiger partial charge in [-0.2, -0.15) is 0 Å². The first kappa shape index (κ1) is 14.1. The van der Waals surface area contributed by atoms with Crippen molar-refractivity contribution in [1.82, 2.24) is 9.72 Å². The summed E-state index contributed by atoms with van der Waals surface area (Å²) in [4.78, 5) is 23.8. The molecule has 120 valence electrons. The summed E-state index contributed by atoms with van der Waals surface area (Å²) >= 11 is 0. The molecule has 0 aliphatic heterocycles. The highest BCUT2D eigenvalue weighted by Gasteiger charge is 2.16. The zero-order valence-corrected chi connectivity index (χ0v) is 12.5. The van der Waals surface area contributed by atoms with Crippen LogP contribution in [0, 0.1) is 0 Å². The van der Waals surface area contributed by atoms with Crippen molar-refractivity contribution in [2.45, 2.75) is 0 Å². The van der Waals surface area contributed by atoms with Crippen molar-refractivity contribution in [3.63, 3.8) is 0 Å². The lowest BCUT2D eigenvalue weighted by Crippen LogP contribution is -2.12. The SMILES string of the molecule is Cn1c(=O)oc2ccc(NC(=O)c3cc(-c4ccco4)on3)cc21. The Bertz CT molecular complexity index is 1080. The van der Waals surface area contributed by atoms with Crippen LogP contribution in [0.4, 0.5) is 5.69 Å². The van der Waals surface area contributed by atoms with E-state index in [-0.39, 0.29) is 5.69 Å². The number of oxazole rings is 1. The number of benzene rings is 1. The predicted octanol–water partition coefficient (Wildman–Crippen LogP) is 2.63. The summed E-state index contributed by atoms with van der Waals surface area (Å²) in [7, 11) is 1.59. The maximum absolute atomic E-state index is 12.3. The van der Waals surface area contributed by atoms with Crippen molar-refractivity contribution in [3.05, 3.63) is 58.9 Å². The maximum Gasteiger partial charge on any atom is 0.419 e. The van der Waals surface area contributed by atoms with E-state index in [0.717, 1.165) is 0 Å². The number of carbonyl (C=O) groups excluding carboxylic acids is 1. The zero-order chi connectivity index (χ0) is 16.7. The van der Waals surface area contributed by atoms with E-state index < -0.39 is 11.7 Å². The summed E-state index contributed by atoms with van der Waals surface area (Å²) in [5, 5.41) is 6.43. The number of amides is 1. The van der Waals surface area contributed by atoms with Gasteiger partial charge in [-0.25, -0.2) is 4.79 Å². The lowest BCUT2D eigenvalue weighted by atomic mass is 10.2. The van der Waals surface area contributed by atoms with Crippen molar-refractivity contribution in [2.24, 2.45) is 7.05 Å². The van der Waals surface area contributed by atoms with Crippen LogP contribution in [-0.4, -0.2) is 15.6 Å². The number of fused-ring (bicyclic) bond motifs is 1. The molecule has 0 aliphatic rings. The van der Waals surface area contributed by atoms with Gasteiger partial charge >= 0.3 is 5.76 Å². The first-order valence-electron chi connectivity index (χ1n) is 7.03. The van der Waals surface area contributed by atoms with E-state index in [1.807, 2.05) is 0 Å². The molecule has 4 aromatic rings. The molecule has 8 heteroatoms. The highest BCUT2D eigenvalue weighted by atomic mass is 16.5. The molecule has 0 atom stereocenters. The van der Waals surface area contributed by atoms with E-state index in [9.17, 15) is 9.59 Å². The van der Waals surface area contributed by atoms with Crippen LogP contribution in [0.5, 0.6) is 0 Å². The Hall–Kier alpha value is -3.55. The van der Waals surface area contributed by atoms with Gasteiger partial charge in [-0.05, 0) is 30.3 Å². The Morgan fingerprint density at radius 1 is 1.21 bits per heavy atom. The van der Waals surface area contributed by atoms with Gasteiger partial charge in [0, 0.05) is 18.8 Å². The van der Waals surface area contributed by atoms with Crippen LogP contribution in [0.2, 0.25) is 0 Å². The molecule has 0 saturated heterocycles. The Morgan fingerprint density at radius 2 is 2.08 bits per heavy atom. The van der Waals surface area contributed by atoms with Gasteiger partial charge in [0.15, 0.2) is 17.0 Å². The topological polar surface area (TPSA) is 103 Å². The van der Waals surface area contributed by atoms with E-state index in [0.29, 0.717) is 28.3 Å². The third-order valence-corrected chi connectivity index (χ3v) is 3.56. The highest BCUT2D eigenvalue weighted by molar-refractivity contribution is 6.03. The third-order valence-electron chi connectivity index (χ3n) is 3.56. The molecule has 24 heavy (non-hydrogen) atoms. The standard InChI is InChI=1S/C16H11N3O5/c1-19-11-7-9(4-5-12(11)23-16(19)21)17-15(20)10-8-14(24-18-10)13-3-2-6-22-13/h2-8H,1H3,(H,17,20). The molecule has 0 saturated carbocycles. The average molecular weight is 325 g/mol. The molecule has 0 spiro atoms. The van der Waals surface area contributed by atoms with Crippen LogP contribution < -0.4 is 11.1 Å². The van der Waals surface area contributed by atoms with Crippen LogP contribution >= 0.6 is 0 Å². The smallest absolute Gasteiger partial charge is 0.419 e. The second-order valence-electron chi connectivity index (χ2n) is 5.12. The van der Waals surface area contributed by atoms with Gasteiger partial charge in [0.25, 0.3) is 5.91 Å². The van der Waals surface area contributed by atoms with Gasteiger partial charge in [-0.15, -0.1) is 0 Å². The number of hydrogen-bond acceptors (Lipinski definition) is 6. The van der Waals surface area contributed by atoms with Gasteiger partial charge < -0.3 is 18.7 Å². The minimum atomic E-state index is -0.465. The third kappa shape index (κ3) is 2.30. The maximum atomic E-state index is 12.3. The van der Waals surface area contributed by atoms with Gasteiger partial charge in [-0.3, -0.25) is 9.36 Å². The van der Waals surface area contributed by atoms with E-state index in [1.165, 1.54) is 16.9 Å². The van der Waals surface area contributed by atoms with Crippen molar-refractivity contribution in [1.29, 1.82) is 0 Å². The van der Waals surface area contributed by atoms with E-state index >= 15 is 0 Å². The molecule has 0 bridgehead atoms. The fourth-order valence-corrected chi connectivity index (χ4v) is 2.32. The van der Waals surface area contributed by atoms with E-state index in [1.54, 1.807) is 37.4 Å². The molecule has 0 aliphatic carbocycles. The summed E-state index contributed by atoms with van der Waals surface area (Å²) in [5.74, 6) is -0.0633. The molecule has 0 fully saturated rings. The molecule has 1 N–H and O–H groups in total. The number of hydrogen-bond donors (Lipinski definition) is 1. The normalized spacial score (nSPS) is 11.0. The number of aryl methyl sites for hydroxylation is 1. The van der Waals surface area contributed by atoms with Gasteiger partial charge in [0.05, 0.1) is 11.8 Å². The molecule has 0 radical (unpaired) electrons. The lowest BCUT2D eigenvalue weighted by molar-refractivity contribution is 0.101. The summed E-state index contributed by atoms with van der Waals surface area (Å²) in [5.41, 5.74) is 1.64. The van der Waals surface area contributed by atoms with Gasteiger partial charge in [-0.1, -0.05) is 5.16 Å². The molecule has 8 nitrogen and oxygen atoms in total. The minimum absolute atomic E-state index is 0.113. The quantitative estimate of drug-likeness (QED) is 0.621. The minimum Gasteiger partial charge on any atom is -0.461 e. The number of nitrogens with one attached hydrogen (secondary N) is 1. The van der Waals surface area contributed by atoms with E-state index in [4.69, 9.17) is 13.4 Å². The second kappa shape index (κ2) is 5.27. The van der Waals surface area contributed by atoms with E-state index in [2.05, 4.69) is 10.5 Å². The van der Waals surface area contributed by atoms with Crippen molar-refractivity contribution in [3.8, 4) is 11.5 Å². The van der Waals surface area contributed by atoms with Crippen molar-refractivity contribution in [2.75, 3.05) is 5.32 Å². The summed E-state index contributed by atoms with van der Waals surface area (Å²) in [6.07, 6.45) is 1.50. The monoisotopic (exact) mass is 325 g/mol. The number of nitrogens with zero attached hydrogens (tertiary/aromatic N) is 2. The summed E-state index contributed by atoms with van der Waals surface area (Å²) in [6, 6.07) is 9.80. The number of anilines is 1. The second-order valence-corrected chi connectivity index (χ2v) is 5.12. The first-order chi connectivity index (χ1) is 11.6. The van der Waals surface area contributed by atoms with Crippen LogP contribution in [0.15, 0.2) is 60.8 Å². The summed E-state index contributed by atoms with van der Waals surface area (Å²) < 4.78 is 16.7. The molecule has 1 aromatic carbocycles. The Morgan fingerprint density at radius 3 is 2.88 bits per heavy atom. The van der Waals surface area contributed by atoms with Gasteiger partial charge in [0.2, 0.25) is 5.76 Å². The van der Waals surface area contributed by atoms with Crippen molar-refractivity contribution < 1.29 is 18.2 Å². The molecular formula is C16H11N3O5. The van der Waals surface area contributed by atoms with Crippen LogP contribution in [0.3, 0.4) is 0 Å². The Kier molecular flexibility index (Phi) is 3.09. The Balaban J connectivity index is 1.60. The number of carbonyl (C=O) groups is 1. The number of aromatic nitrogens is 2. The van der Waals surface area contributed by atoms with Crippen LogP contribution in [0.1, 0.15) is 10.5 Å². The highest BCUT2D eigenvalue weighted by Crippen LogP contribution is 2.22. The largest absolute Gasteiger partial charge is 0.461 e. The van der Waals surface area contributed by atoms with Crippen LogP contribution in [0.25, 0.3) is 22.6 Å². The zero-order valence-electron chi connectivity index (χ0n) is 12.5. The lowest BCUT2D eigenvalue weighted by Gasteiger charge is -2.02. The fourth-order valence-electron chi connectivity index (χ4n) is 2.32. The predicted molar refractivity (Wildman–Crippen MR) is 83.6 cm³/mol. The average Bonchev–Trinajstić information content (AvgIpc) is 3.29. The molecular weight excluding hydrogens is 314 g/mol. The van der Waals surface area contributed by atoms with Crippen LogP contribution in [-0.2, 0) is 7.05 Å². The Labute approximate surface area is 134 Å². The molecule has 1 amide bonds. The number of rotatable bonds is 3. The molecule has 0 unspecified atom stereocenters. The summed E-state index contributed by atoms with van der Waals surface area (Å²) in [6.45, 7) is 0. The number of furan rings is 1.